The molecule has 7 heteroatoms. The van der Waals surface area contributed by atoms with Crippen molar-refractivity contribution in [2.75, 3.05) is 13.2 Å². The number of nitrogens with two attached hydrogens (primary N) is 1. The third kappa shape index (κ3) is 4.50. The maximum absolute atomic E-state index is 11.9. The lowest BCUT2D eigenvalue weighted by atomic mass is 10.2. The van der Waals surface area contributed by atoms with E-state index >= 15 is 0 Å². The topological polar surface area (TPSA) is 81.4 Å². The SMILES string of the molecule is CCC(C(N)=S)S(=O)(=O)NCCC1CCCO1. The predicted molar refractivity (Wildman–Crippen MR) is 71.4 cm³/mol. The van der Waals surface area contributed by atoms with E-state index in [4.69, 9.17) is 22.7 Å². The maximum atomic E-state index is 11.9. The summed E-state index contributed by atoms with van der Waals surface area (Å²) in [6.07, 6.45) is 3.34. The van der Waals surface area contributed by atoms with E-state index in [9.17, 15) is 8.42 Å². The highest BCUT2D eigenvalue weighted by Crippen LogP contribution is 2.14. The number of thiocarbonyl (C=S) groups is 1. The molecule has 0 bridgehead atoms. The minimum absolute atomic E-state index is 0.0251. The van der Waals surface area contributed by atoms with Crippen LogP contribution in [0, 0.1) is 0 Å². The molecule has 1 aliphatic heterocycles. The Balaban J connectivity index is 2.40. The van der Waals surface area contributed by atoms with Crippen LogP contribution >= 0.6 is 12.2 Å². The summed E-state index contributed by atoms with van der Waals surface area (Å²) in [5.41, 5.74) is 5.41. The largest absolute Gasteiger partial charge is 0.392 e. The quantitative estimate of drug-likeness (QED) is 0.665. The number of rotatable bonds is 7. The molecule has 1 rings (SSSR count). The Kier molecular flexibility index (Phi) is 5.78. The van der Waals surface area contributed by atoms with Gasteiger partial charge in [0.2, 0.25) is 10.0 Å². The summed E-state index contributed by atoms with van der Waals surface area (Å²) in [6.45, 7) is 2.91. The number of hydrogen-bond acceptors (Lipinski definition) is 4. The highest BCUT2D eigenvalue weighted by atomic mass is 32.2. The third-order valence-electron chi connectivity index (χ3n) is 2.86. The van der Waals surface area contributed by atoms with Gasteiger partial charge in [-0.15, -0.1) is 0 Å². The zero-order valence-corrected chi connectivity index (χ0v) is 11.6. The molecular formula is C10H20N2O3S2. The minimum Gasteiger partial charge on any atom is -0.392 e. The van der Waals surface area contributed by atoms with E-state index in [1.165, 1.54) is 0 Å². The summed E-state index contributed by atoms with van der Waals surface area (Å²) in [6, 6.07) is 0. The van der Waals surface area contributed by atoms with Crippen LogP contribution in [-0.4, -0.2) is 37.9 Å². The molecule has 3 N–H and O–H groups in total. The minimum atomic E-state index is -3.44. The zero-order chi connectivity index (χ0) is 12.9. The average Bonchev–Trinajstić information content (AvgIpc) is 2.69. The molecule has 1 fully saturated rings. The predicted octanol–water partition coefficient (Wildman–Crippen LogP) is 0.540. The van der Waals surface area contributed by atoms with Gasteiger partial charge in [0.1, 0.15) is 5.25 Å². The Morgan fingerprint density at radius 1 is 1.65 bits per heavy atom. The van der Waals surface area contributed by atoms with Crippen LogP contribution < -0.4 is 10.5 Å². The van der Waals surface area contributed by atoms with Crippen molar-refractivity contribution in [1.29, 1.82) is 0 Å². The molecule has 17 heavy (non-hydrogen) atoms. The fourth-order valence-electron chi connectivity index (χ4n) is 1.91. The van der Waals surface area contributed by atoms with Gasteiger partial charge in [-0.1, -0.05) is 19.1 Å². The summed E-state index contributed by atoms with van der Waals surface area (Å²) in [5, 5.41) is -0.776. The van der Waals surface area contributed by atoms with Crippen molar-refractivity contribution in [3.8, 4) is 0 Å². The van der Waals surface area contributed by atoms with Gasteiger partial charge in [-0.05, 0) is 25.7 Å². The second-order valence-electron chi connectivity index (χ2n) is 4.16. The third-order valence-corrected chi connectivity index (χ3v) is 5.23. The molecule has 0 amide bonds. The van der Waals surface area contributed by atoms with E-state index in [1.807, 2.05) is 0 Å². The lowest BCUT2D eigenvalue weighted by Gasteiger charge is -2.16. The Hall–Kier alpha value is -0.240. The van der Waals surface area contributed by atoms with Crippen LogP contribution in [0.3, 0.4) is 0 Å². The number of nitrogens with one attached hydrogen (secondary N) is 1. The van der Waals surface area contributed by atoms with E-state index in [0.717, 1.165) is 19.4 Å². The summed E-state index contributed by atoms with van der Waals surface area (Å²) < 4.78 is 31.7. The van der Waals surface area contributed by atoms with Gasteiger partial charge in [0.25, 0.3) is 0 Å². The van der Waals surface area contributed by atoms with Crippen molar-refractivity contribution in [2.24, 2.45) is 5.73 Å². The Bertz CT molecular complexity index is 351. The smallest absolute Gasteiger partial charge is 0.221 e. The highest BCUT2D eigenvalue weighted by molar-refractivity contribution is 7.93. The summed E-state index contributed by atoms with van der Waals surface area (Å²) in [7, 11) is -3.44. The molecule has 2 atom stereocenters. The molecule has 1 saturated heterocycles. The van der Waals surface area contributed by atoms with E-state index in [0.29, 0.717) is 19.4 Å². The number of sulfonamides is 1. The van der Waals surface area contributed by atoms with Crippen LogP contribution in [-0.2, 0) is 14.8 Å². The normalized spacial score (nSPS) is 22.5. The average molecular weight is 280 g/mol. The fraction of sp³-hybridized carbons (Fsp3) is 0.900. The van der Waals surface area contributed by atoms with Crippen molar-refractivity contribution in [3.63, 3.8) is 0 Å². The van der Waals surface area contributed by atoms with Crippen molar-refractivity contribution in [3.05, 3.63) is 0 Å². The Morgan fingerprint density at radius 3 is 2.82 bits per heavy atom. The maximum Gasteiger partial charge on any atom is 0.221 e. The summed E-state index contributed by atoms with van der Waals surface area (Å²) >= 11 is 4.76. The van der Waals surface area contributed by atoms with Crippen LogP contribution in [0.25, 0.3) is 0 Å². The molecule has 1 aliphatic rings. The summed E-state index contributed by atoms with van der Waals surface area (Å²) in [5.74, 6) is 0. The Labute approximate surface area is 108 Å². The molecule has 0 saturated carbocycles. The van der Waals surface area contributed by atoms with Crippen molar-refractivity contribution < 1.29 is 13.2 Å². The Morgan fingerprint density at radius 2 is 2.35 bits per heavy atom. The molecule has 0 aromatic rings. The van der Waals surface area contributed by atoms with E-state index in [-0.39, 0.29) is 11.1 Å². The number of ether oxygens (including phenoxy) is 1. The van der Waals surface area contributed by atoms with Crippen LogP contribution in [0.5, 0.6) is 0 Å². The standard InChI is InChI=1S/C10H20N2O3S2/c1-2-9(10(11)16)17(13,14)12-6-5-8-4-3-7-15-8/h8-9,12H,2-7H2,1H3,(H2,11,16). The van der Waals surface area contributed by atoms with Gasteiger partial charge in [-0.25, -0.2) is 13.1 Å². The van der Waals surface area contributed by atoms with Gasteiger partial charge < -0.3 is 10.5 Å². The van der Waals surface area contributed by atoms with Crippen molar-refractivity contribution in [2.45, 2.75) is 44.0 Å². The van der Waals surface area contributed by atoms with E-state index < -0.39 is 15.3 Å². The van der Waals surface area contributed by atoms with Gasteiger partial charge in [0, 0.05) is 13.2 Å². The molecular weight excluding hydrogens is 260 g/mol. The van der Waals surface area contributed by atoms with Crippen LogP contribution in [0.1, 0.15) is 32.6 Å². The highest BCUT2D eigenvalue weighted by Gasteiger charge is 2.26. The first kappa shape index (κ1) is 14.8. The monoisotopic (exact) mass is 280 g/mol. The second-order valence-corrected chi connectivity index (χ2v) is 6.58. The van der Waals surface area contributed by atoms with Gasteiger partial charge in [-0.2, -0.15) is 0 Å². The molecule has 0 spiro atoms. The molecule has 1 heterocycles. The molecule has 0 aliphatic carbocycles. The molecule has 0 aromatic heterocycles. The van der Waals surface area contributed by atoms with Gasteiger partial charge in [0.05, 0.1) is 11.1 Å². The lowest BCUT2D eigenvalue weighted by molar-refractivity contribution is 0.105. The first-order chi connectivity index (χ1) is 7.97. The molecule has 0 radical (unpaired) electrons. The van der Waals surface area contributed by atoms with E-state index in [2.05, 4.69) is 4.72 Å². The lowest BCUT2D eigenvalue weighted by Crippen LogP contribution is -2.42. The van der Waals surface area contributed by atoms with Crippen LogP contribution in [0.15, 0.2) is 0 Å². The van der Waals surface area contributed by atoms with Crippen LogP contribution in [0.2, 0.25) is 0 Å². The number of hydrogen-bond donors (Lipinski definition) is 2. The van der Waals surface area contributed by atoms with Gasteiger partial charge in [-0.3, -0.25) is 0 Å². The fourth-order valence-corrected chi connectivity index (χ4v) is 3.80. The van der Waals surface area contributed by atoms with E-state index in [1.54, 1.807) is 6.92 Å². The van der Waals surface area contributed by atoms with Crippen LogP contribution in [0.4, 0.5) is 0 Å². The van der Waals surface area contributed by atoms with Gasteiger partial charge in [0.15, 0.2) is 0 Å². The van der Waals surface area contributed by atoms with Crippen molar-refractivity contribution >= 4 is 27.2 Å². The molecule has 2 unspecified atom stereocenters. The zero-order valence-electron chi connectivity index (χ0n) is 10.0. The first-order valence-corrected chi connectivity index (χ1v) is 7.82. The summed E-state index contributed by atoms with van der Waals surface area (Å²) in [4.78, 5) is 0.0251. The molecule has 100 valence electrons. The molecule has 5 nitrogen and oxygen atoms in total. The van der Waals surface area contributed by atoms with Crippen molar-refractivity contribution in [1.82, 2.24) is 4.72 Å². The van der Waals surface area contributed by atoms with Gasteiger partial charge >= 0.3 is 0 Å². The molecule has 0 aromatic carbocycles. The first-order valence-electron chi connectivity index (χ1n) is 5.86. The second kappa shape index (κ2) is 6.63.